The molecule has 1 fully saturated rings. The van der Waals surface area contributed by atoms with E-state index in [1.54, 1.807) is 0 Å². The van der Waals surface area contributed by atoms with Crippen LogP contribution in [0.4, 0.5) is 23.7 Å². The van der Waals surface area contributed by atoms with Crippen molar-refractivity contribution in [2.75, 3.05) is 18.7 Å². The standard InChI is InChI=1S/C20H23F3N4O2S/c1-4-13-7-6-8-16(27-19(28)26(5-2)24-25-27)15(13)12-30-18-11-14(20(21,22)23)9-10-17(18)29-3/h6-11,24-25H,4-5,12H2,1-3H3. The number of amides is 2. The first kappa shape index (κ1) is 22.3. The number of methoxy groups -OCH3 is 1. The van der Waals surface area contributed by atoms with Crippen LogP contribution >= 0.6 is 11.8 Å². The highest BCUT2D eigenvalue weighted by atomic mass is 32.2. The molecule has 0 aliphatic carbocycles. The lowest BCUT2D eigenvalue weighted by Crippen LogP contribution is -2.38. The highest BCUT2D eigenvalue weighted by molar-refractivity contribution is 7.98. The fraction of sp³-hybridized carbons (Fsp3) is 0.350. The molecular weight excluding hydrogens is 417 g/mol. The predicted molar refractivity (Wildman–Crippen MR) is 110 cm³/mol. The Kier molecular flexibility index (Phi) is 6.79. The molecule has 0 bridgehead atoms. The van der Waals surface area contributed by atoms with Gasteiger partial charge in [0.05, 0.1) is 23.3 Å². The molecule has 2 amide bonds. The van der Waals surface area contributed by atoms with Gasteiger partial charge in [-0.25, -0.2) is 14.8 Å². The van der Waals surface area contributed by atoms with Crippen LogP contribution in [-0.4, -0.2) is 24.7 Å². The van der Waals surface area contributed by atoms with Crippen molar-refractivity contribution in [1.29, 1.82) is 0 Å². The lowest BCUT2D eigenvalue weighted by Gasteiger charge is -2.21. The highest BCUT2D eigenvalue weighted by Crippen LogP contribution is 2.39. The lowest BCUT2D eigenvalue weighted by molar-refractivity contribution is -0.137. The summed E-state index contributed by atoms with van der Waals surface area (Å²) >= 11 is 1.24. The molecule has 1 aliphatic rings. The Morgan fingerprint density at radius 3 is 2.50 bits per heavy atom. The van der Waals surface area contributed by atoms with E-state index in [2.05, 4.69) is 11.1 Å². The molecular formula is C20H23F3N4O2S. The average Bonchev–Trinajstić information content (AvgIpc) is 3.11. The van der Waals surface area contributed by atoms with E-state index >= 15 is 0 Å². The van der Waals surface area contributed by atoms with E-state index in [1.165, 1.54) is 35.0 Å². The van der Waals surface area contributed by atoms with Crippen LogP contribution in [0.1, 0.15) is 30.5 Å². The number of aryl methyl sites for hydroxylation is 1. The molecule has 30 heavy (non-hydrogen) atoms. The zero-order valence-corrected chi connectivity index (χ0v) is 17.7. The number of anilines is 1. The number of alkyl halides is 3. The number of benzene rings is 2. The van der Waals surface area contributed by atoms with Crippen LogP contribution < -0.4 is 20.8 Å². The summed E-state index contributed by atoms with van der Waals surface area (Å²) in [4.78, 5) is 13.0. The van der Waals surface area contributed by atoms with Crippen LogP contribution in [0.25, 0.3) is 0 Å². The number of hydrazine groups is 3. The molecule has 0 radical (unpaired) electrons. The number of hydrogen-bond donors (Lipinski definition) is 2. The van der Waals surface area contributed by atoms with Crippen molar-refractivity contribution in [3.63, 3.8) is 0 Å². The Labute approximate surface area is 177 Å². The van der Waals surface area contributed by atoms with Crippen molar-refractivity contribution in [1.82, 2.24) is 16.1 Å². The number of nitrogens with zero attached hydrogens (tertiary/aromatic N) is 2. The van der Waals surface area contributed by atoms with Gasteiger partial charge in [0.15, 0.2) is 0 Å². The molecule has 6 nitrogen and oxygen atoms in total. The molecule has 0 aromatic heterocycles. The first-order valence-corrected chi connectivity index (χ1v) is 10.4. The second-order valence-corrected chi connectivity index (χ2v) is 7.52. The third-order valence-electron chi connectivity index (χ3n) is 4.77. The molecule has 1 aliphatic heterocycles. The van der Waals surface area contributed by atoms with Crippen molar-refractivity contribution in [2.45, 2.75) is 37.1 Å². The van der Waals surface area contributed by atoms with Gasteiger partial charge in [0, 0.05) is 12.3 Å². The van der Waals surface area contributed by atoms with E-state index in [0.717, 1.165) is 29.7 Å². The van der Waals surface area contributed by atoms with Gasteiger partial charge in [-0.15, -0.1) is 22.8 Å². The van der Waals surface area contributed by atoms with E-state index in [4.69, 9.17) is 4.74 Å². The van der Waals surface area contributed by atoms with Crippen LogP contribution in [0.15, 0.2) is 41.3 Å². The number of halogens is 3. The molecule has 0 saturated carbocycles. The fourth-order valence-electron chi connectivity index (χ4n) is 3.15. The maximum absolute atomic E-state index is 13.2. The van der Waals surface area contributed by atoms with Crippen molar-refractivity contribution in [2.24, 2.45) is 0 Å². The Morgan fingerprint density at radius 1 is 1.13 bits per heavy atom. The zero-order chi connectivity index (χ0) is 21.9. The molecule has 10 heteroatoms. The summed E-state index contributed by atoms with van der Waals surface area (Å²) in [6.45, 7) is 4.31. The molecule has 2 aromatic rings. The van der Waals surface area contributed by atoms with Crippen LogP contribution in [0, 0.1) is 0 Å². The van der Waals surface area contributed by atoms with Crippen LogP contribution in [0.3, 0.4) is 0 Å². The van der Waals surface area contributed by atoms with E-state index in [0.29, 0.717) is 28.6 Å². The van der Waals surface area contributed by atoms with Gasteiger partial charge in [-0.2, -0.15) is 13.2 Å². The lowest BCUT2D eigenvalue weighted by atomic mass is 10.0. The molecule has 2 N–H and O–H groups in total. The van der Waals surface area contributed by atoms with Crippen molar-refractivity contribution >= 4 is 23.5 Å². The summed E-state index contributed by atoms with van der Waals surface area (Å²) in [5, 5.41) is 2.83. The van der Waals surface area contributed by atoms with Gasteiger partial charge in [-0.3, -0.25) is 0 Å². The predicted octanol–water partition coefficient (Wildman–Crippen LogP) is 4.75. The third-order valence-corrected chi connectivity index (χ3v) is 5.83. The van der Waals surface area contributed by atoms with Crippen molar-refractivity contribution < 1.29 is 22.7 Å². The number of thioether (sulfide) groups is 1. The van der Waals surface area contributed by atoms with Crippen LogP contribution in [0.2, 0.25) is 0 Å². The number of carbonyl (C=O) groups excluding carboxylic acids is 1. The number of carbonyl (C=O) groups is 1. The molecule has 1 heterocycles. The fourth-order valence-corrected chi connectivity index (χ4v) is 4.29. The minimum Gasteiger partial charge on any atom is -0.496 e. The number of urea groups is 1. The summed E-state index contributed by atoms with van der Waals surface area (Å²) in [6.07, 6.45) is -3.72. The molecule has 0 unspecified atom stereocenters. The smallest absolute Gasteiger partial charge is 0.416 e. The van der Waals surface area contributed by atoms with Gasteiger partial charge < -0.3 is 4.74 Å². The van der Waals surface area contributed by atoms with Gasteiger partial charge in [0.25, 0.3) is 0 Å². The second-order valence-electron chi connectivity index (χ2n) is 6.51. The van der Waals surface area contributed by atoms with E-state index in [-0.39, 0.29) is 6.03 Å². The summed E-state index contributed by atoms with van der Waals surface area (Å²) in [5.74, 6) is 0.743. The van der Waals surface area contributed by atoms with E-state index in [9.17, 15) is 18.0 Å². The number of ether oxygens (including phenoxy) is 1. The molecule has 1 saturated heterocycles. The van der Waals surface area contributed by atoms with E-state index < -0.39 is 11.7 Å². The maximum atomic E-state index is 13.2. The molecule has 0 spiro atoms. The normalized spacial score (nSPS) is 14.5. The number of rotatable bonds is 7. The molecule has 3 rings (SSSR count). The number of hydrogen-bond acceptors (Lipinski definition) is 5. The molecule has 0 atom stereocenters. The zero-order valence-electron chi connectivity index (χ0n) is 16.8. The molecule has 162 valence electrons. The van der Waals surface area contributed by atoms with Gasteiger partial charge in [-0.1, -0.05) is 19.1 Å². The minimum absolute atomic E-state index is 0.256. The SMILES string of the molecule is CCc1cccc(N2NNN(CC)C2=O)c1CSc1cc(C(F)(F)F)ccc1OC. The largest absolute Gasteiger partial charge is 0.496 e. The third kappa shape index (κ3) is 4.50. The maximum Gasteiger partial charge on any atom is 0.416 e. The van der Waals surface area contributed by atoms with Crippen LogP contribution in [0.5, 0.6) is 5.75 Å². The first-order valence-electron chi connectivity index (χ1n) is 9.41. The van der Waals surface area contributed by atoms with Gasteiger partial charge in [-0.05, 0) is 48.7 Å². The van der Waals surface area contributed by atoms with Crippen molar-refractivity contribution in [3.05, 3.63) is 53.1 Å². The molecule has 2 aromatic carbocycles. The Hall–Kier alpha value is -2.43. The minimum atomic E-state index is -4.44. The van der Waals surface area contributed by atoms with Gasteiger partial charge in [0.2, 0.25) is 0 Å². The average molecular weight is 440 g/mol. The van der Waals surface area contributed by atoms with Crippen LogP contribution in [-0.2, 0) is 18.3 Å². The summed E-state index contributed by atoms with van der Waals surface area (Å²) in [6, 6.07) is 8.79. The van der Waals surface area contributed by atoms with Crippen molar-refractivity contribution in [3.8, 4) is 5.75 Å². The summed E-state index contributed by atoms with van der Waals surface area (Å²) in [7, 11) is 1.43. The number of nitrogens with one attached hydrogen (secondary N) is 2. The monoisotopic (exact) mass is 440 g/mol. The quantitative estimate of drug-likeness (QED) is 0.609. The topological polar surface area (TPSA) is 56.8 Å². The van der Waals surface area contributed by atoms with Gasteiger partial charge in [0.1, 0.15) is 5.75 Å². The Balaban J connectivity index is 1.93. The summed E-state index contributed by atoms with van der Waals surface area (Å²) in [5.41, 5.74) is 7.44. The summed E-state index contributed by atoms with van der Waals surface area (Å²) < 4.78 is 44.7. The first-order chi connectivity index (χ1) is 14.3. The van der Waals surface area contributed by atoms with Gasteiger partial charge >= 0.3 is 12.2 Å². The second kappa shape index (κ2) is 9.15. The Morgan fingerprint density at radius 2 is 1.90 bits per heavy atom. The highest BCUT2D eigenvalue weighted by Gasteiger charge is 2.32. The van der Waals surface area contributed by atoms with E-state index in [1.807, 2.05) is 32.0 Å². The Bertz CT molecular complexity index is 923.